The summed E-state index contributed by atoms with van der Waals surface area (Å²) in [5.41, 5.74) is 2.01. The van der Waals surface area contributed by atoms with E-state index in [-0.39, 0.29) is 6.09 Å². The third-order valence-corrected chi connectivity index (χ3v) is 7.00. The van der Waals surface area contributed by atoms with Gasteiger partial charge in [0.25, 0.3) is 0 Å². The molecular formula is C27H36BrN3O3. The van der Waals surface area contributed by atoms with Crippen LogP contribution in [0.5, 0.6) is 11.5 Å². The van der Waals surface area contributed by atoms with Gasteiger partial charge in [-0.3, -0.25) is 4.90 Å². The molecule has 2 aliphatic heterocycles. The predicted molar refractivity (Wildman–Crippen MR) is 140 cm³/mol. The van der Waals surface area contributed by atoms with Crippen LogP contribution in [0.3, 0.4) is 0 Å². The van der Waals surface area contributed by atoms with Crippen molar-refractivity contribution in [3.8, 4) is 11.5 Å². The molecule has 0 bridgehead atoms. The topological polar surface area (TPSA) is 45.2 Å². The van der Waals surface area contributed by atoms with Gasteiger partial charge < -0.3 is 19.3 Å². The highest BCUT2D eigenvalue weighted by molar-refractivity contribution is 9.10. The maximum atomic E-state index is 12.3. The van der Waals surface area contributed by atoms with Crippen LogP contribution in [-0.2, 0) is 4.74 Å². The summed E-state index contributed by atoms with van der Waals surface area (Å²) in [7, 11) is 0. The molecule has 2 aliphatic rings. The number of amides is 1. The Morgan fingerprint density at radius 1 is 1.03 bits per heavy atom. The minimum atomic E-state index is -0.450. The highest BCUT2D eigenvalue weighted by Crippen LogP contribution is 2.34. The van der Waals surface area contributed by atoms with Crippen LogP contribution in [0.4, 0.5) is 10.5 Å². The maximum absolute atomic E-state index is 12.3. The van der Waals surface area contributed by atoms with E-state index in [1.807, 2.05) is 43.9 Å². The molecule has 4 rings (SSSR count). The zero-order valence-electron chi connectivity index (χ0n) is 20.9. The second kappa shape index (κ2) is 10.2. The van der Waals surface area contributed by atoms with Crippen LogP contribution in [0.1, 0.15) is 46.1 Å². The molecule has 0 aromatic heterocycles. The summed E-state index contributed by atoms with van der Waals surface area (Å²) in [4.78, 5) is 19.0. The highest BCUT2D eigenvalue weighted by atomic mass is 79.9. The van der Waals surface area contributed by atoms with Crippen molar-refractivity contribution in [3.05, 3.63) is 52.5 Å². The van der Waals surface area contributed by atoms with Crippen molar-refractivity contribution in [1.29, 1.82) is 0 Å². The highest BCUT2D eigenvalue weighted by Gasteiger charge is 2.35. The molecule has 1 amide bonds. The summed E-state index contributed by atoms with van der Waals surface area (Å²) in [6.45, 7) is 15.3. The van der Waals surface area contributed by atoms with Gasteiger partial charge in [-0.1, -0.05) is 26.0 Å². The first-order valence-electron chi connectivity index (χ1n) is 12.1. The number of benzene rings is 2. The Kier molecular flexibility index (Phi) is 7.43. The Labute approximate surface area is 211 Å². The fourth-order valence-corrected chi connectivity index (χ4v) is 4.80. The molecule has 0 spiro atoms. The smallest absolute Gasteiger partial charge is 0.410 e. The first-order valence-corrected chi connectivity index (χ1v) is 12.9. The summed E-state index contributed by atoms with van der Waals surface area (Å²) >= 11 is 3.65. The van der Waals surface area contributed by atoms with E-state index in [1.54, 1.807) is 0 Å². The largest absolute Gasteiger partial charge is 0.456 e. The van der Waals surface area contributed by atoms with Gasteiger partial charge in [0.1, 0.15) is 17.1 Å². The quantitative estimate of drug-likeness (QED) is 0.467. The number of ether oxygens (including phenoxy) is 2. The lowest BCUT2D eigenvalue weighted by Gasteiger charge is -2.49. The van der Waals surface area contributed by atoms with Gasteiger partial charge in [0.05, 0.1) is 4.47 Å². The SMILES string of the molecule is CC(C)c1ccc(Oc2cccc(N3CC(N4CCN(C(=O)OC(C)(C)C)CC4)C3)c2)c(Br)c1. The number of anilines is 1. The molecule has 184 valence electrons. The molecule has 0 N–H and O–H groups in total. The molecule has 2 aromatic rings. The average Bonchev–Trinajstić information content (AvgIpc) is 2.73. The van der Waals surface area contributed by atoms with Crippen LogP contribution in [-0.4, -0.2) is 66.8 Å². The second-order valence-corrected chi connectivity index (χ2v) is 11.4. The molecule has 2 aromatic carbocycles. The standard InChI is InChI=1S/C27H36BrN3O3/c1-19(2)20-9-10-25(24(28)15-20)33-23-8-6-7-21(16-23)31-17-22(18-31)29-11-13-30(14-12-29)26(32)34-27(3,4)5/h6-10,15-16,19,22H,11-14,17-18H2,1-5H3. The number of rotatable bonds is 5. The van der Waals surface area contributed by atoms with E-state index in [9.17, 15) is 4.79 Å². The Bertz CT molecular complexity index is 1010. The Balaban J connectivity index is 1.29. The average molecular weight is 531 g/mol. The van der Waals surface area contributed by atoms with E-state index < -0.39 is 5.60 Å². The number of hydrogen-bond acceptors (Lipinski definition) is 5. The lowest BCUT2D eigenvalue weighted by atomic mass is 10.0. The molecule has 2 heterocycles. The van der Waals surface area contributed by atoms with E-state index in [0.717, 1.165) is 55.2 Å². The monoisotopic (exact) mass is 529 g/mol. The summed E-state index contributed by atoms with van der Waals surface area (Å²) in [6.07, 6.45) is -0.204. The lowest BCUT2D eigenvalue weighted by molar-refractivity contribution is 0.00876. The van der Waals surface area contributed by atoms with E-state index in [2.05, 4.69) is 63.8 Å². The summed E-state index contributed by atoms with van der Waals surface area (Å²) in [5.74, 6) is 2.14. The van der Waals surface area contributed by atoms with Crippen molar-refractivity contribution in [2.75, 3.05) is 44.2 Å². The fourth-order valence-electron chi connectivity index (χ4n) is 4.32. The third kappa shape index (κ3) is 6.05. The molecule has 6 nitrogen and oxygen atoms in total. The van der Waals surface area contributed by atoms with E-state index in [4.69, 9.17) is 9.47 Å². The molecular weight excluding hydrogens is 494 g/mol. The minimum absolute atomic E-state index is 0.204. The molecule has 0 aliphatic carbocycles. The molecule has 0 unspecified atom stereocenters. The van der Waals surface area contributed by atoms with Gasteiger partial charge in [-0.2, -0.15) is 0 Å². The Hall–Kier alpha value is -2.25. The number of nitrogens with zero attached hydrogens (tertiary/aromatic N) is 3. The first kappa shape index (κ1) is 24.9. The molecule has 0 radical (unpaired) electrons. The van der Waals surface area contributed by atoms with Crippen molar-refractivity contribution >= 4 is 27.7 Å². The number of halogens is 1. The van der Waals surface area contributed by atoms with Gasteiger partial charge in [0.15, 0.2) is 0 Å². The van der Waals surface area contributed by atoms with Crippen LogP contribution in [0.2, 0.25) is 0 Å². The van der Waals surface area contributed by atoms with Gasteiger partial charge in [-0.25, -0.2) is 4.79 Å². The lowest BCUT2D eigenvalue weighted by Crippen LogP contribution is -2.63. The van der Waals surface area contributed by atoms with Crippen molar-refractivity contribution in [2.24, 2.45) is 0 Å². The van der Waals surface area contributed by atoms with Crippen molar-refractivity contribution in [3.63, 3.8) is 0 Å². The first-order chi connectivity index (χ1) is 16.1. The second-order valence-electron chi connectivity index (χ2n) is 10.5. The summed E-state index contributed by atoms with van der Waals surface area (Å²) in [6, 6.07) is 15.1. The van der Waals surface area contributed by atoms with Gasteiger partial charge in [0.2, 0.25) is 0 Å². The van der Waals surface area contributed by atoms with Crippen LogP contribution in [0.25, 0.3) is 0 Å². The summed E-state index contributed by atoms with van der Waals surface area (Å²) < 4.78 is 12.7. The minimum Gasteiger partial charge on any atom is -0.456 e. The van der Waals surface area contributed by atoms with Crippen molar-refractivity contribution < 1.29 is 14.3 Å². The molecule has 0 saturated carbocycles. The molecule has 7 heteroatoms. The van der Waals surface area contributed by atoms with Crippen LogP contribution < -0.4 is 9.64 Å². The van der Waals surface area contributed by atoms with Gasteiger partial charge >= 0.3 is 6.09 Å². The van der Waals surface area contributed by atoms with Gasteiger partial charge in [-0.15, -0.1) is 0 Å². The third-order valence-electron chi connectivity index (χ3n) is 6.38. The van der Waals surface area contributed by atoms with E-state index in [1.165, 1.54) is 11.3 Å². The maximum Gasteiger partial charge on any atom is 0.410 e. The Morgan fingerprint density at radius 3 is 2.35 bits per heavy atom. The summed E-state index contributed by atoms with van der Waals surface area (Å²) in [5, 5.41) is 0. The molecule has 0 atom stereocenters. The van der Waals surface area contributed by atoms with E-state index in [0.29, 0.717) is 12.0 Å². The number of carbonyl (C=O) groups is 1. The zero-order valence-corrected chi connectivity index (χ0v) is 22.5. The van der Waals surface area contributed by atoms with E-state index >= 15 is 0 Å². The van der Waals surface area contributed by atoms with Gasteiger partial charge in [0, 0.05) is 57.1 Å². The molecule has 2 saturated heterocycles. The molecule has 2 fully saturated rings. The molecule has 34 heavy (non-hydrogen) atoms. The van der Waals surface area contributed by atoms with Crippen molar-refractivity contribution in [2.45, 2.75) is 52.2 Å². The van der Waals surface area contributed by atoms with Crippen LogP contribution in [0, 0.1) is 0 Å². The number of piperazine rings is 1. The fraction of sp³-hybridized carbons (Fsp3) is 0.519. The van der Waals surface area contributed by atoms with Crippen LogP contribution in [0.15, 0.2) is 46.9 Å². The Morgan fingerprint density at radius 2 is 1.74 bits per heavy atom. The number of carbonyl (C=O) groups excluding carboxylic acids is 1. The normalized spacial score (nSPS) is 17.6. The zero-order chi connectivity index (χ0) is 24.5. The van der Waals surface area contributed by atoms with Gasteiger partial charge in [-0.05, 0) is 72.4 Å². The van der Waals surface area contributed by atoms with Crippen molar-refractivity contribution in [1.82, 2.24) is 9.80 Å². The predicted octanol–water partition coefficient (Wildman–Crippen LogP) is 6.11. The van der Waals surface area contributed by atoms with Crippen LogP contribution >= 0.6 is 15.9 Å². The number of hydrogen-bond donors (Lipinski definition) is 0.